The van der Waals surface area contributed by atoms with Crippen molar-refractivity contribution >= 4 is 21.6 Å². The van der Waals surface area contributed by atoms with Crippen LogP contribution in [0.3, 0.4) is 0 Å². The van der Waals surface area contributed by atoms with Crippen LogP contribution in [-0.4, -0.2) is 27.2 Å². The van der Waals surface area contributed by atoms with Crippen LogP contribution in [0.1, 0.15) is 25.8 Å². The van der Waals surface area contributed by atoms with Crippen LogP contribution in [0.5, 0.6) is 5.75 Å². The Morgan fingerprint density at radius 3 is 2.60 bits per heavy atom. The van der Waals surface area contributed by atoms with Gasteiger partial charge in [-0.15, -0.1) is 0 Å². The average molecular weight is 300 g/mol. The fourth-order valence-electron chi connectivity index (χ4n) is 1.73. The molecule has 0 aromatic heterocycles. The van der Waals surface area contributed by atoms with Crippen LogP contribution in [0.4, 0.5) is 5.69 Å². The van der Waals surface area contributed by atoms with E-state index in [4.69, 9.17) is 4.74 Å². The highest BCUT2D eigenvalue weighted by molar-refractivity contribution is 7.89. The van der Waals surface area contributed by atoms with Crippen LogP contribution in [0.25, 0.3) is 0 Å². The van der Waals surface area contributed by atoms with E-state index in [1.54, 1.807) is 25.1 Å². The zero-order valence-corrected chi connectivity index (χ0v) is 12.7. The normalized spacial score (nSPS) is 11.2. The summed E-state index contributed by atoms with van der Waals surface area (Å²) < 4.78 is 31.0. The fraction of sp³-hybridized carbons (Fsp3) is 0.462. The van der Waals surface area contributed by atoms with Gasteiger partial charge in [-0.3, -0.25) is 4.79 Å². The first-order valence-corrected chi connectivity index (χ1v) is 7.95. The lowest BCUT2D eigenvalue weighted by molar-refractivity contribution is -0.114. The second kappa shape index (κ2) is 7.25. The van der Waals surface area contributed by atoms with E-state index in [9.17, 15) is 13.2 Å². The van der Waals surface area contributed by atoms with Crippen molar-refractivity contribution in [3.8, 4) is 5.75 Å². The molecule has 112 valence electrons. The molecule has 0 unspecified atom stereocenters. The van der Waals surface area contributed by atoms with E-state index in [0.717, 1.165) is 0 Å². The number of hydrogen-bond acceptors (Lipinski definition) is 4. The molecule has 1 aromatic rings. The number of benzene rings is 1. The van der Waals surface area contributed by atoms with Gasteiger partial charge in [-0.25, -0.2) is 13.1 Å². The van der Waals surface area contributed by atoms with Gasteiger partial charge in [-0.1, -0.05) is 6.92 Å². The van der Waals surface area contributed by atoms with Gasteiger partial charge in [-0.2, -0.15) is 0 Å². The molecule has 0 aliphatic heterocycles. The number of hydrogen-bond donors (Lipinski definition) is 2. The molecule has 0 heterocycles. The molecule has 0 aliphatic rings. The van der Waals surface area contributed by atoms with Gasteiger partial charge in [0.05, 0.1) is 12.9 Å². The SMILES string of the molecule is CCCS(=O)(=O)NCc1cc(NC(C)=O)ccc1OC. The maximum Gasteiger partial charge on any atom is 0.221 e. The van der Waals surface area contributed by atoms with Gasteiger partial charge in [0.15, 0.2) is 0 Å². The smallest absolute Gasteiger partial charge is 0.221 e. The Labute approximate surface area is 119 Å². The molecule has 1 aromatic carbocycles. The van der Waals surface area contributed by atoms with Crippen molar-refractivity contribution in [2.45, 2.75) is 26.8 Å². The third kappa shape index (κ3) is 5.18. The Bertz CT molecular complexity index is 570. The molecule has 2 N–H and O–H groups in total. The molecule has 20 heavy (non-hydrogen) atoms. The summed E-state index contributed by atoms with van der Waals surface area (Å²) in [6.07, 6.45) is 0.554. The van der Waals surface area contributed by atoms with Crippen LogP contribution >= 0.6 is 0 Å². The Hall–Kier alpha value is -1.60. The van der Waals surface area contributed by atoms with E-state index in [1.807, 2.05) is 0 Å². The lowest BCUT2D eigenvalue weighted by Crippen LogP contribution is -2.25. The third-order valence-electron chi connectivity index (χ3n) is 2.56. The maximum absolute atomic E-state index is 11.6. The highest BCUT2D eigenvalue weighted by Crippen LogP contribution is 2.22. The van der Waals surface area contributed by atoms with Crippen molar-refractivity contribution in [3.05, 3.63) is 23.8 Å². The van der Waals surface area contributed by atoms with Gasteiger partial charge in [0.25, 0.3) is 0 Å². The van der Waals surface area contributed by atoms with E-state index in [2.05, 4.69) is 10.0 Å². The molecule has 0 aliphatic carbocycles. The molecule has 0 radical (unpaired) electrons. The molecule has 1 rings (SSSR count). The highest BCUT2D eigenvalue weighted by atomic mass is 32.2. The van der Waals surface area contributed by atoms with Crippen LogP contribution in [0.2, 0.25) is 0 Å². The zero-order valence-electron chi connectivity index (χ0n) is 11.9. The highest BCUT2D eigenvalue weighted by Gasteiger charge is 2.11. The summed E-state index contributed by atoms with van der Waals surface area (Å²) in [7, 11) is -1.77. The minimum Gasteiger partial charge on any atom is -0.496 e. The molecule has 0 bridgehead atoms. The van der Waals surface area contributed by atoms with E-state index < -0.39 is 10.0 Å². The van der Waals surface area contributed by atoms with E-state index in [-0.39, 0.29) is 18.2 Å². The number of nitrogens with one attached hydrogen (secondary N) is 2. The number of carbonyl (C=O) groups is 1. The predicted octanol–water partition coefficient (Wildman–Crippen LogP) is 1.48. The van der Waals surface area contributed by atoms with Crippen LogP contribution in [-0.2, 0) is 21.4 Å². The van der Waals surface area contributed by atoms with Crippen molar-refractivity contribution < 1.29 is 17.9 Å². The molecule has 0 fully saturated rings. The number of methoxy groups -OCH3 is 1. The number of anilines is 1. The van der Waals surface area contributed by atoms with Crippen molar-refractivity contribution in [2.75, 3.05) is 18.2 Å². The largest absolute Gasteiger partial charge is 0.496 e. The lowest BCUT2D eigenvalue weighted by atomic mass is 10.2. The Morgan fingerprint density at radius 1 is 1.35 bits per heavy atom. The minimum atomic E-state index is -3.28. The summed E-state index contributed by atoms with van der Waals surface area (Å²) in [5, 5.41) is 2.65. The second-order valence-electron chi connectivity index (χ2n) is 4.35. The lowest BCUT2D eigenvalue weighted by Gasteiger charge is -2.12. The summed E-state index contributed by atoms with van der Waals surface area (Å²) in [6, 6.07) is 5.08. The molecule has 6 nitrogen and oxygen atoms in total. The van der Waals surface area contributed by atoms with Crippen molar-refractivity contribution in [1.29, 1.82) is 0 Å². The first-order chi connectivity index (χ1) is 9.38. The van der Waals surface area contributed by atoms with E-state index in [0.29, 0.717) is 23.4 Å². The first kappa shape index (κ1) is 16.5. The van der Waals surface area contributed by atoms with Crippen LogP contribution in [0.15, 0.2) is 18.2 Å². The maximum atomic E-state index is 11.6. The molecule has 7 heteroatoms. The number of rotatable bonds is 7. The molecular formula is C13H20N2O4S. The van der Waals surface area contributed by atoms with Crippen LogP contribution < -0.4 is 14.8 Å². The summed E-state index contributed by atoms with van der Waals surface area (Å²) in [4.78, 5) is 11.0. The predicted molar refractivity (Wildman–Crippen MR) is 78.2 cm³/mol. The monoisotopic (exact) mass is 300 g/mol. The summed E-state index contributed by atoms with van der Waals surface area (Å²) in [5.74, 6) is 0.465. The van der Waals surface area contributed by atoms with Crippen molar-refractivity contribution in [2.24, 2.45) is 0 Å². The topological polar surface area (TPSA) is 84.5 Å². The summed E-state index contributed by atoms with van der Waals surface area (Å²) >= 11 is 0. The van der Waals surface area contributed by atoms with E-state index >= 15 is 0 Å². The molecule has 0 atom stereocenters. The Morgan fingerprint density at radius 2 is 2.05 bits per heavy atom. The van der Waals surface area contributed by atoms with E-state index in [1.165, 1.54) is 14.0 Å². The number of ether oxygens (including phenoxy) is 1. The van der Waals surface area contributed by atoms with Gasteiger partial charge in [0, 0.05) is 24.7 Å². The molecular weight excluding hydrogens is 280 g/mol. The second-order valence-corrected chi connectivity index (χ2v) is 6.27. The van der Waals surface area contributed by atoms with Gasteiger partial charge in [-0.05, 0) is 24.6 Å². The summed E-state index contributed by atoms with van der Waals surface area (Å²) in [6.45, 7) is 3.34. The number of amides is 1. The van der Waals surface area contributed by atoms with Gasteiger partial charge < -0.3 is 10.1 Å². The average Bonchev–Trinajstić information content (AvgIpc) is 2.36. The van der Waals surface area contributed by atoms with Crippen molar-refractivity contribution in [1.82, 2.24) is 4.72 Å². The Balaban J connectivity index is 2.88. The van der Waals surface area contributed by atoms with Gasteiger partial charge >= 0.3 is 0 Å². The third-order valence-corrected chi connectivity index (χ3v) is 4.09. The minimum absolute atomic E-state index is 0.0840. The molecule has 0 saturated carbocycles. The van der Waals surface area contributed by atoms with Gasteiger partial charge in [0.1, 0.15) is 5.75 Å². The number of sulfonamides is 1. The zero-order chi connectivity index (χ0) is 15.2. The first-order valence-electron chi connectivity index (χ1n) is 6.29. The van der Waals surface area contributed by atoms with Crippen molar-refractivity contribution in [3.63, 3.8) is 0 Å². The van der Waals surface area contributed by atoms with Gasteiger partial charge in [0.2, 0.25) is 15.9 Å². The molecule has 1 amide bonds. The summed E-state index contributed by atoms with van der Waals surface area (Å²) in [5.41, 5.74) is 1.27. The molecule has 0 saturated heterocycles. The van der Waals surface area contributed by atoms with Crippen LogP contribution in [0, 0.1) is 0 Å². The Kier molecular flexibility index (Phi) is 5.97. The standard InChI is InChI=1S/C13H20N2O4S/c1-4-7-20(17,18)14-9-11-8-12(15-10(2)16)5-6-13(11)19-3/h5-6,8,14H,4,7,9H2,1-3H3,(H,15,16). The fourth-order valence-corrected chi connectivity index (χ4v) is 2.78. The number of carbonyl (C=O) groups excluding carboxylic acids is 1. The quantitative estimate of drug-likeness (QED) is 0.799. The molecule has 0 spiro atoms.